The number of benzene rings is 2. The molecule has 0 saturated heterocycles. The molecule has 3 N–H and O–H groups in total. The predicted octanol–water partition coefficient (Wildman–Crippen LogP) is 2.27. The summed E-state index contributed by atoms with van der Waals surface area (Å²) in [5.41, 5.74) is 7.64. The van der Waals surface area contributed by atoms with Crippen molar-refractivity contribution in [2.75, 3.05) is 5.32 Å². The van der Waals surface area contributed by atoms with Crippen molar-refractivity contribution in [3.05, 3.63) is 59.9 Å². The summed E-state index contributed by atoms with van der Waals surface area (Å²) in [5.74, 6) is -0.788. The van der Waals surface area contributed by atoms with Gasteiger partial charge in [0.1, 0.15) is 12.4 Å². The first kappa shape index (κ1) is 20.1. The molecule has 0 radical (unpaired) electrons. The molecule has 0 aliphatic rings. The van der Waals surface area contributed by atoms with Crippen LogP contribution in [0.3, 0.4) is 0 Å². The van der Waals surface area contributed by atoms with Crippen molar-refractivity contribution in [1.29, 1.82) is 0 Å². The highest BCUT2D eigenvalue weighted by Gasteiger charge is 2.20. The molecular formula is C21H22N4O4. The van der Waals surface area contributed by atoms with Crippen molar-refractivity contribution in [2.45, 2.75) is 32.9 Å². The summed E-state index contributed by atoms with van der Waals surface area (Å²) in [6, 6.07) is 13.7. The number of ether oxygens (including phenoxy) is 1. The lowest BCUT2D eigenvalue weighted by Gasteiger charge is -2.15. The van der Waals surface area contributed by atoms with Crippen LogP contribution in [-0.2, 0) is 27.3 Å². The number of hydrogen-bond donors (Lipinski definition) is 2. The predicted molar refractivity (Wildman–Crippen MR) is 108 cm³/mol. The fraction of sp³-hybridized carbons (Fsp3) is 0.238. The smallest absolute Gasteiger partial charge is 0.326 e. The van der Waals surface area contributed by atoms with Crippen LogP contribution in [0, 0.1) is 0 Å². The average Bonchev–Trinajstić information content (AvgIpc) is 3.05. The molecule has 29 heavy (non-hydrogen) atoms. The van der Waals surface area contributed by atoms with Gasteiger partial charge < -0.3 is 20.4 Å². The number of esters is 1. The molecule has 1 unspecified atom stereocenters. The van der Waals surface area contributed by atoms with Crippen LogP contribution < -0.4 is 11.1 Å². The molecule has 0 aliphatic heterocycles. The van der Waals surface area contributed by atoms with Crippen LogP contribution in [0.5, 0.6) is 0 Å². The standard InChI is InChI=1S/C21H22N4O4/c1-3-18-24-16-6-4-5-7-17(16)25(18)12-19(26)29-13(2)21(28)23-15-10-8-14(9-11-15)20(22)27/h4-11,13H,3,12H2,1-2H3,(H2,22,27)(H,23,28). The minimum absolute atomic E-state index is 0.0331. The molecule has 2 amide bonds. The molecular weight excluding hydrogens is 372 g/mol. The molecule has 8 nitrogen and oxygen atoms in total. The minimum Gasteiger partial charge on any atom is -0.451 e. The molecule has 8 heteroatoms. The highest BCUT2D eigenvalue weighted by molar-refractivity contribution is 5.96. The van der Waals surface area contributed by atoms with Gasteiger partial charge in [0.05, 0.1) is 11.0 Å². The van der Waals surface area contributed by atoms with Crippen molar-refractivity contribution in [3.8, 4) is 0 Å². The Morgan fingerprint density at radius 3 is 2.48 bits per heavy atom. The number of imidazole rings is 1. The molecule has 0 bridgehead atoms. The minimum atomic E-state index is -0.988. The number of carbonyl (C=O) groups is 3. The van der Waals surface area contributed by atoms with E-state index in [1.54, 1.807) is 16.7 Å². The fourth-order valence-electron chi connectivity index (χ4n) is 2.95. The number of fused-ring (bicyclic) bond motifs is 1. The van der Waals surface area contributed by atoms with Gasteiger partial charge in [-0.15, -0.1) is 0 Å². The second-order valence-electron chi connectivity index (χ2n) is 6.52. The van der Waals surface area contributed by atoms with Crippen molar-refractivity contribution in [2.24, 2.45) is 5.73 Å². The largest absolute Gasteiger partial charge is 0.451 e. The Morgan fingerprint density at radius 1 is 1.14 bits per heavy atom. The van der Waals surface area contributed by atoms with Gasteiger partial charge in [-0.05, 0) is 43.3 Å². The first-order valence-corrected chi connectivity index (χ1v) is 9.23. The molecule has 1 atom stereocenters. The maximum Gasteiger partial charge on any atom is 0.326 e. The Bertz CT molecular complexity index is 1060. The van der Waals surface area contributed by atoms with E-state index < -0.39 is 23.9 Å². The number of nitrogens with zero attached hydrogens (tertiary/aromatic N) is 2. The lowest BCUT2D eigenvalue weighted by Crippen LogP contribution is -2.31. The molecule has 0 spiro atoms. The number of aromatic nitrogens is 2. The van der Waals surface area contributed by atoms with E-state index in [1.807, 2.05) is 31.2 Å². The molecule has 1 heterocycles. The van der Waals surface area contributed by atoms with Crippen molar-refractivity contribution in [3.63, 3.8) is 0 Å². The van der Waals surface area contributed by atoms with Crippen LogP contribution in [-0.4, -0.2) is 33.4 Å². The van der Waals surface area contributed by atoms with Gasteiger partial charge in [0, 0.05) is 17.7 Å². The van der Waals surface area contributed by atoms with Gasteiger partial charge >= 0.3 is 5.97 Å². The Balaban J connectivity index is 1.63. The monoisotopic (exact) mass is 394 g/mol. The van der Waals surface area contributed by atoms with Gasteiger partial charge in [0.25, 0.3) is 5.91 Å². The zero-order chi connectivity index (χ0) is 21.0. The van der Waals surface area contributed by atoms with Gasteiger partial charge in [-0.1, -0.05) is 19.1 Å². The second-order valence-corrected chi connectivity index (χ2v) is 6.52. The average molecular weight is 394 g/mol. The summed E-state index contributed by atoms with van der Waals surface area (Å²) in [5, 5.41) is 2.64. The van der Waals surface area contributed by atoms with Gasteiger partial charge in [-0.2, -0.15) is 0 Å². The Hall–Kier alpha value is -3.68. The number of anilines is 1. The van der Waals surface area contributed by atoms with E-state index in [0.717, 1.165) is 16.9 Å². The van der Waals surface area contributed by atoms with Gasteiger partial charge in [-0.25, -0.2) is 4.98 Å². The van der Waals surface area contributed by atoms with Crippen molar-refractivity contribution < 1.29 is 19.1 Å². The first-order valence-electron chi connectivity index (χ1n) is 9.23. The van der Waals surface area contributed by atoms with E-state index in [-0.39, 0.29) is 6.54 Å². The summed E-state index contributed by atoms with van der Waals surface area (Å²) in [7, 11) is 0. The Kier molecular flexibility index (Phi) is 5.92. The normalized spacial score (nSPS) is 11.8. The van der Waals surface area contributed by atoms with Crippen LogP contribution in [0.2, 0.25) is 0 Å². The summed E-state index contributed by atoms with van der Waals surface area (Å²) < 4.78 is 7.09. The molecule has 0 fully saturated rings. The summed E-state index contributed by atoms with van der Waals surface area (Å²) in [6.07, 6.45) is -0.322. The van der Waals surface area contributed by atoms with E-state index in [4.69, 9.17) is 10.5 Å². The maximum absolute atomic E-state index is 12.4. The van der Waals surface area contributed by atoms with Crippen LogP contribution in [0.25, 0.3) is 11.0 Å². The molecule has 2 aromatic carbocycles. The third-order valence-electron chi connectivity index (χ3n) is 4.45. The van der Waals surface area contributed by atoms with Crippen LogP contribution in [0.1, 0.15) is 30.0 Å². The Morgan fingerprint density at radius 2 is 1.83 bits per heavy atom. The number of carbonyl (C=O) groups excluding carboxylic acids is 3. The van der Waals surface area contributed by atoms with Gasteiger partial charge in [-0.3, -0.25) is 14.4 Å². The number of amides is 2. The van der Waals surface area contributed by atoms with E-state index >= 15 is 0 Å². The summed E-state index contributed by atoms with van der Waals surface area (Å²) in [4.78, 5) is 40.3. The van der Waals surface area contributed by atoms with Crippen molar-refractivity contribution >= 4 is 34.5 Å². The van der Waals surface area contributed by atoms with Crippen LogP contribution >= 0.6 is 0 Å². The summed E-state index contributed by atoms with van der Waals surface area (Å²) >= 11 is 0. The highest BCUT2D eigenvalue weighted by atomic mass is 16.5. The number of hydrogen-bond acceptors (Lipinski definition) is 5. The molecule has 3 aromatic rings. The molecule has 0 saturated carbocycles. The molecule has 1 aromatic heterocycles. The number of nitrogens with one attached hydrogen (secondary N) is 1. The highest BCUT2D eigenvalue weighted by Crippen LogP contribution is 2.17. The van der Waals surface area contributed by atoms with E-state index in [9.17, 15) is 14.4 Å². The number of primary amides is 1. The van der Waals surface area contributed by atoms with Crippen LogP contribution in [0.15, 0.2) is 48.5 Å². The lowest BCUT2D eigenvalue weighted by molar-refractivity contribution is -0.153. The third kappa shape index (κ3) is 4.60. The Labute approximate surface area is 167 Å². The fourth-order valence-corrected chi connectivity index (χ4v) is 2.95. The third-order valence-corrected chi connectivity index (χ3v) is 4.45. The molecule has 0 aliphatic carbocycles. The van der Waals surface area contributed by atoms with E-state index in [0.29, 0.717) is 17.7 Å². The maximum atomic E-state index is 12.4. The zero-order valence-electron chi connectivity index (χ0n) is 16.2. The molecule has 150 valence electrons. The second kappa shape index (κ2) is 8.55. The number of para-hydroxylation sites is 2. The topological polar surface area (TPSA) is 116 Å². The van der Waals surface area contributed by atoms with Gasteiger partial charge in [0.15, 0.2) is 6.10 Å². The number of rotatable bonds is 7. The lowest BCUT2D eigenvalue weighted by atomic mass is 10.2. The summed E-state index contributed by atoms with van der Waals surface area (Å²) in [6.45, 7) is 3.43. The molecule has 3 rings (SSSR count). The van der Waals surface area contributed by atoms with Crippen LogP contribution in [0.4, 0.5) is 5.69 Å². The SMILES string of the molecule is CCc1nc2ccccc2n1CC(=O)OC(C)C(=O)Nc1ccc(C(N)=O)cc1. The number of aryl methyl sites for hydroxylation is 1. The van der Waals surface area contributed by atoms with E-state index in [2.05, 4.69) is 10.3 Å². The quantitative estimate of drug-likeness (QED) is 0.596. The van der Waals surface area contributed by atoms with Gasteiger partial charge in [0.2, 0.25) is 5.91 Å². The van der Waals surface area contributed by atoms with Crippen molar-refractivity contribution in [1.82, 2.24) is 9.55 Å². The number of nitrogens with two attached hydrogens (primary N) is 1. The first-order chi connectivity index (χ1) is 13.9. The van der Waals surface area contributed by atoms with E-state index in [1.165, 1.54) is 19.1 Å². The zero-order valence-corrected chi connectivity index (χ0v) is 16.2.